The van der Waals surface area contributed by atoms with Crippen LogP contribution in [-0.2, 0) is 9.59 Å². The molecule has 0 heterocycles. The molecule has 4 amide bonds. The van der Waals surface area contributed by atoms with E-state index in [1.807, 2.05) is 34.6 Å². The zero-order valence-electron chi connectivity index (χ0n) is 18.1. The van der Waals surface area contributed by atoms with Gasteiger partial charge in [-0.1, -0.05) is 0 Å². The molecule has 9 nitrogen and oxygen atoms in total. The van der Waals surface area contributed by atoms with Crippen molar-refractivity contribution < 1.29 is 28.8 Å². The van der Waals surface area contributed by atoms with Gasteiger partial charge in [-0.2, -0.15) is 0 Å². The third-order valence-electron chi connectivity index (χ3n) is 3.49. The molecule has 0 radical (unpaired) electrons. The molecule has 0 fully saturated rings. The first-order valence-electron chi connectivity index (χ1n) is 9.66. The fourth-order valence-corrected chi connectivity index (χ4v) is 2.49. The second-order valence-electron chi connectivity index (χ2n) is 7.64. The number of rotatable bonds is 9. The van der Waals surface area contributed by atoms with Gasteiger partial charge in [-0.3, -0.25) is 14.9 Å². The van der Waals surface area contributed by atoms with Gasteiger partial charge in [-0.25, -0.2) is 4.79 Å². The predicted molar refractivity (Wildman–Crippen MR) is 110 cm³/mol. The SMILES string of the molecule is CCOc1ccc(NC(=O)C[NH+](C)CC(=O)NC(=O)NC(C)(C)C)cc1OCC. The van der Waals surface area contributed by atoms with Crippen LogP contribution in [0.2, 0.25) is 0 Å². The molecule has 0 aliphatic rings. The predicted octanol–water partition coefficient (Wildman–Crippen LogP) is 0.562. The van der Waals surface area contributed by atoms with Crippen molar-refractivity contribution in [2.24, 2.45) is 0 Å². The molecule has 162 valence electrons. The lowest BCUT2D eigenvalue weighted by Gasteiger charge is -2.20. The van der Waals surface area contributed by atoms with Crippen LogP contribution in [0.25, 0.3) is 0 Å². The number of carbonyl (C=O) groups excluding carboxylic acids is 3. The van der Waals surface area contributed by atoms with Crippen molar-refractivity contribution in [1.29, 1.82) is 0 Å². The van der Waals surface area contributed by atoms with Gasteiger partial charge >= 0.3 is 6.03 Å². The van der Waals surface area contributed by atoms with E-state index in [-0.39, 0.29) is 19.0 Å². The molecular formula is C20H33N4O5+. The minimum Gasteiger partial charge on any atom is -0.490 e. The minimum atomic E-state index is -0.558. The van der Waals surface area contributed by atoms with E-state index in [2.05, 4.69) is 16.0 Å². The van der Waals surface area contributed by atoms with E-state index >= 15 is 0 Å². The quantitative estimate of drug-likeness (QED) is 0.476. The summed E-state index contributed by atoms with van der Waals surface area (Å²) in [7, 11) is 1.70. The minimum absolute atomic E-state index is 0.0154. The van der Waals surface area contributed by atoms with Gasteiger partial charge in [0.1, 0.15) is 0 Å². The van der Waals surface area contributed by atoms with Crippen molar-refractivity contribution in [2.75, 3.05) is 38.7 Å². The van der Waals surface area contributed by atoms with Crippen LogP contribution in [0.4, 0.5) is 10.5 Å². The first kappa shape index (κ1) is 24.2. The highest BCUT2D eigenvalue weighted by molar-refractivity contribution is 5.95. The standard InChI is InChI=1S/C20H32N4O5/c1-7-28-15-10-9-14(11-16(15)29-8-2)21-17(25)12-24(6)13-18(26)22-19(27)23-20(3,4)5/h9-11H,7-8,12-13H2,1-6H3,(H,21,25)(H2,22,23,26,27)/p+1. The number of quaternary nitrogens is 1. The summed E-state index contributed by atoms with van der Waals surface area (Å²) >= 11 is 0. The molecule has 1 unspecified atom stereocenters. The molecule has 0 aliphatic heterocycles. The van der Waals surface area contributed by atoms with Crippen molar-refractivity contribution in [3.8, 4) is 11.5 Å². The molecule has 0 saturated carbocycles. The van der Waals surface area contributed by atoms with E-state index in [1.54, 1.807) is 25.2 Å². The molecule has 0 saturated heterocycles. The van der Waals surface area contributed by atoms with Crippen LogP contribution in [0, 0.1) is 0 Å². The first-order chi connectivity index (χ1) is 13.5. The van der Waals surface area contributed by atoms with E-state index in [1.165, 1.54) is 0 Å². The van der Waals surface area contributed by atoms with Crippen molar-refractivity contribution >= 4 is 23.5 Å². The van der Waals surface area contributed by atoms with Crippen LogP contribution in [0.15, 0.2) is 18.2 Å². The monoisotopic (exact) mass is 409 g/mol. The smallest absolute Gasteiger partial charge is 0.322 e. The summed E-state index contributed by atoms with van der Waals surface area (Å²) in [5, 5.41) is 7.68. The maximum Gasteiger partial charge on any atom is 0.322 e. The number of nitrogens with one attached hydrogen (secondary N) is 4. The lowest BCUT2D eigenvalue weighted by Crippen LogP contribution is -3.11. The Kier molecular flexibility index (Phi) is 9.40. The number of anilines is 1. The van der Waals surface area contributed by atoms with Crippen LogP contribution in [0.5, 0.6) is 11.5 Å². The fraction of sp³-hybridized carbons (Fsp3) is 0.550. The van der Waals surface area contributed by atoms with E-state index < -0.39 is 17.5 Å². The molecule has 4 N–H and O–H groups in total. The maximum absolute atomic E-state index is 12.3. The molecule has 1 rings (SSSR count). The number of carbonyl (C=O) groups is 3. The van der Waals surface area contributed by atoms with Gasteiger partial charge in [0, 0.05) is 17.3 Å². The van der Waals surface area contributed by atoms with Crippen molar-refractivity contribution in [1.82, 2.24) is 10.6 Å². The Morgan fingerprint density at radius 1 is 0.966 bits per heavy atom. The van der Waals surface area contributed by atoms with Crippen LogP contribution >= 0.6 is 0 Å². The molecule has 0 bridgehead atoms. The lowest BCUT2D eigenvalue weighted by atomic mass is 10.1. The Labute approximate surface area is 172 Å². The average molecular weight is 410 g/mol. The zero-order valence-corrected chi connectivity index (χ0v) is 18.1. The lowest BCUT2D eigenvalue weighted by molar-refractivity contribution is -0.862. The Morgan fingerprint density at radius 3 is 2.14 bits per heavy atom. The molecule has 0 aliphatic carbocycles. The van der Waals surface area contributed by atoms with Gasteiger partial charge in [0.15, 0.2) is 24.6 Å². The van der Waals surface area contributed by atoms with Crippen LogP contribution in [0.3, 0.4) is 0 Å². The molecule has 0 spiro atoms. The largest absolute Gasteiger partial charge is 0.490 e. The van der Waals surface area contributed by atoms with E-state index in [9.17, 15) is 14.4 Å². The maximum atomic E-state index is 12.3. The second kappa shape index (κ2) is 11.3. The van der Waals surface area contributed by atoms with Crippen molar-refractivity contribution in [3.63, 3.8) is 0 Å². The topological polar surface area (TPSA) is 110 Å². The summed E-state index contributed by atoms with van der Waals surface area (Å²) in [5.74, 6) is 0.440. The third-order valence-corrected chi connectivity index (χ3v) is 3.49. The number of benzene rings is 1. The van der Waals surface area contributed by atoms with Crippen LogP contribution < -0.4 is 30.3 Å². The third kappa shape index (κ3) is 9.79. The number of likely N-dealkylation sites (N-methyl/N-ethyl adjacent to an activating group) is 1. The summed E-state index contributed by atoms with van der Waals surface area (Å²) in [6, 6.07) is 4.61. The van der Waals surface area contributed by atoms with Crippen LogP contribution in [-0.4, -0.2) is 56.7 Å². The zero-order chi connectivity index (χ0) is 22.0. The summed E-state index contributed by atoms with van der Waals surface area (Å²) in [6.07, 6.45) is 0. The summed E-state index contributed by atoms with van der Waals surface area (Å²) in [6.45, 7) is 10.2. The molecular weight excluding hydrogens is 376 g/mol. The van der Waals surface area contributed by atoms with Gasteiger partial charge in [-0.15, -0.1) is 0 Å². The van der Waals surface area contributed by atoms with Crippen molar-refractivity contribution in [2.45, 2.75) is 40.2 Å². The number of urea groups is 1. The van der Waals surface area contributed by atoms with Gasteiger partial charge < -0.3 is 25.0 Å². The van der Waals surface area contributed by atoms with E-state index in [4.69, 9.17) is 9.47 Å². The summed E-state index contributed by atoms with van der Waals surface area (Å²) in [5.41, 5.74) is 0.129. The molecule has 0 aromatic heterocycles. The number of hydrogen-bond acceptors (Lipinski definition) is 5. The van der Waals surface area contributed by atoms with Crippen LogP contribution in [0.1, 0.15) is 34.6 Å². The van der Waals surface area contributed by atoms with Gasteiger partial charge in [-0.05, 0) is 46.8 Å². The molecule has 29 heavy (non-hydrogen) atoms. The molecule has 1 aromatic carbocycles. The Balaban J connectivity index is 2.56. The number of ether oxygens (including phenoxy) is 2. The van der Waals surface area contributed by atoms with Gasteiger partial charge in [0.05, 0.1) is 20.3 Å². The van der Waals surface area contributed by atoms with Gasteiger partial charge in [0.25, 0.3) is 11.8 Å². The summed E-state index contributed by atoms with van der Waals surface area (Å²) < 4.78 is 11.0. The number of imide groups is 1. The Bertz CT molecular complexity index is 715. The average Bonchev–Trinajstić information content (AvgIpc) is 2.55. The molecule has 9 heteroatoms. The van der Waals surface area contributed by atoms with E-state index in [0.717, 1.165) is 0 Å². The highest BCUT2D eigenvalue weighted by Crippen LogP contribution is 2.30. The number of amides is 4. The van der Waals surface area contributed by atoms with E-state index in [0.29, 0.717) is 35.3 Å². The Hall–Kier alpha value is -2.81. The van der Waals surface area contributed by atoms with Crippen molar-refractivity contribution in [3.05, 3.63) is 18.2 Å². The highest BCUT2D eigenvalue weighted by Gasteiger charge is 2.19. The summed E-state index contributed by atoms with van der Waals surface area (Å²) in [4.78, 5) is 36.6. The molecule has 1 atom stereocenters. The normalized spacial score (nSPS) is 11.9. The van der Waals surface area contributed by atoms with Gasteiger partial charge in [0.2, 0.25) is 0 Å². The molecule has 1 aromatic rings. The highest BCUT2D eigenvalue weighted by atomic mass is 16.5. The Morgan fingerprint density at radius 2 is 1.55 bits per heavy atom. The number of hydrogen-bond donors (Lipinski definition) is 4. The first-order valence-corrected chi connectivity index (χ1v) is 9.66. The second-order valence-corrected chi connectivity index (χ2v) is 7.64. The fourth-order valence-electron chi connectivity index (χ4n) is 2.49.